The molecule has 76 valence electrons. The van der Waals surface area contributed by atoms with Crippen molar-refractivity contribution in [3.63, 3.8) is 0 Å². The molecule has 0 aliphatic carbocycles. The second-order valence-electron chi connectivity index (χ2n) is 3.21. The van der Waals surface area contributed by atoms with E-state index in [4.69, 9.17) is 5.84 Å². The summed E-state index contributed by atoms with van der Waals surface area (Å²) in [5, 5.41) is 3.29. The molecule has 0 aliphatic rings. The van der Waals surface area contributed by atoms with Crippen LogP contribution in [0.5, 0.6) is 0 Å². The van der Waals surface area contributed by atoms with Gasteiger partial charge in [0.05, 0.1) is 0 Å². The fraction of sp³-hybridized carbons (Fsp3) is 0. The van der Waals surface area contributed by atoms with Crippen LogP contribution in [0.25, 0.3) is 0 Å². The van der Waals surface area contributed by atoms with Gasteiger partial charge >= 0.3 is 0 Å². The first kappa shape index (κ1) is 9.55. The Balaban J connectivity index is 2.11. The van der Waals surface area contributed by atoms with E-state index in [1.807, 2.05) is 54.6 Å². The first-order valence-corrected chi connectivity index (χ1v) is 4.77. The summed E-state index contributed by atoms with van der Waals surface area (Å²) in [7, 11) is 0. The lowest BCUT2D eigenvalue weighted by atomic mass is 10.2. The topological polar surface area (TPSA) is 50.1 Å². The number of hydrogen-bond acceptors (Lipinski definition) is 3. The molecule has 2 rings (SSSR count). The van der Waals surface area contributed by atoms with Crippen LogP contribution < -0.4 is 16.6 Å². The van der Waals surface area contributed by atoms with Gasteiger partial charge in [-0.15, -0.1) is 0 Å². The van der Waals surface area contributed by atoms with Gasteiger partial charge in [0.25, 0.3) is 0 Å². The number of anilines is 3. The van der Waals surface area contributed by atoms with Crippen molar-refractivity contribution >= 4 is 17.1 Å². The zero-order valence-electron chi connectivity index (χ0n) is 8.27. The van der Waals surface area contributed by atoms with Gasteiger partial charge in [-0.2, -0.15) is 0 Å². The Kier molecular flexibility index (Phi) is 2.85. The number of hydrazine groups is 1. The molecule has 0 amide bonds. The second-order valence-corrected chi connectivity index (χ2v) is 3.21. The van der Waals surface area contributed by atoms with Crippen LogP contribution in [0.15, 0.2) is 54.6 Å². The molecule has 3 heteroatoms. The lowest BCUT2D eigenvalue weighted by Crippen LogP contribution is -2.06. The molecule has 3 nitrogen and oxygen atoms in total. The molecule has 0 fully saturated rings. The predicted octanol–water partition coefficient (Wildman–Crippen LogP) is 2.72. The van der Waals surface area contributed by atoms with Crippen LogP contribution in [0, 0.1) is 0 Å². The molecule has 0 heterocycles. The van der Waals surface area contributed by atoms with Gasteiger partial charge < -0.3 is 10.7 Å². The smallest absolute Gasteiger partial charge is 0.0486 e. The lowest BCUT2D eigenvalue weighted by molar-refractivity contribution is 1.35. The number of nitrogen functional groups attached to an aromatic ring is 1. The van der Waals surface area contributed by atoms with Gasteiger partial charge in [-0.25, -0.2) is 0 Å². The quantitative estimate of drug-likeness (QED) is 0.526. The third-order valence-electron chi connectivity index (χ3n) is 2.11. The zero-order chi connectivity index (χ0) is 10.5. The summed E-state index contributed by atoms with van der Waals surface area (Å²) < 4.78 is 0. The SMILES string of the molecule is NNc1ccc(Nc2ccccc2)cc1. The molecule has 2 aromatic carbocycles. The van der Waals surface area contributed by atoms with Crippen molar-refractivity contribution in [2.45, 2.75) is 0 Å². The third kappa shape index (κ3) is 2.48. The van der Waals surface area contributed by atoms with Gasteiger partial charge in [-0.05, 0) is 36.4 Å². The highest BCUT2D eigenvalue weighted by atomic mass is 15.2. The third-order valence-corrected chi connectivity index (χ3v) is 2.11. The molecule has 0 bridgehead atoms. The monoisotopic (exact) mass is 199 g/mol. The number of nitrogens with two attached hydrogens (primary N) is 1. The van der Waals surface area contributed by atoms with Crippen LogP contribution in [-0.4, -0.2) is 0 Å². The van der Waals surface area contributed by atoms with Crippen molar-refractivity contribution in [1.29, 1.82) is 0 Å². The number of hydrogen-bond donors (Lipinski definition) is 3. The summed E-state index contributed by atoms with van der Waals surface area (Å²) in [6, 6.07) is 17.8. The van der Waals surface area contributed by atoms with Gasteiger partial charge in [-0.1, -0.05) is 18.2 Å². The fourth-order valence-electron chi connectivity index (χ4n) is 1.34. The molecular weight excluding hydrogens is 186 g/mol. The first-order valence-electron chi connectivity index (χ1n) is 4.77. The van der Waals surface area contributed by atoms with E-state index in [2.05, 4.69) is 10.7 Å². The predicted molar refractivity (Wildman–Crippen MR) is 64.0 cm³/mol. The highest BCUT2D eigenvalue weighted by molar-refractivity contribution is 5.62. The first-order chi connectivity index (χ1) is 7.38. The van der Waals surface area contributed by atoms with Gasteiger partial charge in [0.2, 0.25) is 0 Å². The van der Waals surface area contributed by atoms with Crippen molar-refractivity contribution in [2.75, 3.05) is 10.7 Å². The minimum atomic E-state index is 0.897. The summed E-state index contributed by atoms with van der Waals surface area (Å²) in [6.45, 7) is 0. The molecule has 0 radical (unpaired) electrons. The summed E-state index contributed by atoms with van der Waals surface area (Å²) >= 11 is 0. The van der Waals surface area contributed by atoms with Crippen molar-refractivity contribution in [3.05, 3.63) is 54.6 Å². The minimum Gasteiger partial charge on any atom is -0.356 e. The van der Waals surface area contributed by atoms with Crippen LogP contribution in [-0.2, 0) is 0 Å². The van der Waals surface area contributed by atoms with Crippen LogP contribution in [0.1, 0.15) is 0 Å². The van der Waals surface area contributed by atoms with Crippen LogP contribution >= 0.6 is 0 Å². The molecule has 0 aromatic heterocycles. The van der Waals surface area contributed by atoms with E-state index in [1.165, 1.54) is 0 Å². The van der Waals surface area contributed by atoms with Crippen LogP contribution in [0.4, 0.5) is 17.1 Å². The Morgan fingerprint density at radius 1 is 0.667 bits per heavy atom. The molecule has 0 unspecified atom stereocenters. The average molecular weight is 199 g/mol. The molecule has 4 N–H and O–H groups in total. The van der Waals surface area contributed by atoms with Gasteiger partial charge in [0, 0.05) is 17.1 Å². The largest absolute Gasteiger partial charge is 0.356 e. The maximum absolute atomic E-state index is 5.28. The molecule has 15 heavy (non-hydrogen) atoms. The minimum absolute atomic E-state index is 0.897. The summed E-state index contributed by atoms with van der Waals surface area (Å²) in [5.41, 5.74) is 5.60. The highest BCUT2D eigenvalue weighted by Crippen LogP contribution is 2.17. The highest BCUT2D eigenvalue weighted by Gasteiger charge is 1.93. The van der Waals surface area contributed by atoms with E-state index in [0.717, 1.165) is 17.1 Å². The molecule has 2 aromatic rings. The molecule has 0 atom stereocenters. The molecule has 0 saturated carbocycles. The molecule has 0 spiro atoms. The number of nitrogens with one attached hydrogen (secondary N) is 2. The summed E-state index contributed by atoms with van der Waals surface area (Å²) in [4.78, 5) is 0. The zero-order valence-corrected chi connectivity index (χ0v) is 8.27. The van der Waals surface area contributed by atoms with E-state index in [0.29, 0.717) is 0 Å². The molecular formula is C12H13N3. The Hall–Kier alpha value is -2.00. The van der Waals surface area contributed by atoms with E-state index >= 15 is 0 Å². The van der Waals surface area contributed by atoms with Gasteiger partial charge in [-0.3, -0.25) is 5.84 Å². The Morgan fingerprint density at radius 3 is 1.80 bits per heavy atom. The van der Waals surface area contributed by atoms with Crippen LogP contribution in [0.3, 0.4) is 0 Å². The van der Waals surface area contributed by atoms with Gasteiger partial charge in [0.1, 0.15) is 0 Å². The van der Waals surface area contributed by atoms with Crippen molar-refractivity contribution < 1.29 is 0 Å². The van der Waals surface area contributed by atoms with Crippen molar-refractivity contribution in [1.82, 2.24) is 0 Å². The number of rotatable bonds is 3. The summed E-state index contributed by atoms with van der Waals surface area (Å²) in [5.74, 6) is 5.28. The van der Waals surface area contributed by atoms with Crippen molar-refractivity contribution in [2.24, 2.45) is 5.84 Å². The van der Waals surface area contributed by atoms with Crippen LogP contribution in [0.2, 0.25) is 0 Å². The summed E-state index contributed by atoms with van der Waals surface area (Å²) in [6.07, 6.45) is 0. The fourth-order valence-corrected chi connectivity index (χ4v) is 1.34. The van der Waals surface area contributed by atoms with E-state index < -0.39 is 0 Å². The Morgan fingerprint density at radius 2 is 1.20 bits per heavy atom. The number of benzene rings is 2. The van der Waals surface area contributed by atoms with E-state index in [1.54, 1.807) is 0 Å². The molecule has 0 saturated heterocycles. The van der Waals surface area contributed by atoms with E-state index in [-0.39, 0.29) is 0 Å². The standard InChI is InChI=1S/C12H13N3/c13-15-12-8-6-11(7-9-12)14-10-4-2-1-3-5-10/h1-9,14-15H,13H2. The average Bonchev–Trinajstić information content (AvgIpc) is 2.31. The normalized spacial score (nSPS) is 9.67. The molecule has 0 aliphatic heterocycles. The second kappa shape index (κ2) is 4.48. The maximum atomic E-state index is 5.28. The van der Waals surface area contributed by atoms with Gasteiger partial charge in [0.15, 0.2) is 0 Å². The Labute approximate surface area is 88.9 Å². The lowest BCUT2D eigenvalue weighted by Gasteiger charge is -2.06. The Bertz CT molecular complexity index is 409. The number of para-hydroxylation sites is 1. The maximum Gasteiger partial charge on any atom is 0.0486 e. The van der Waals surface area contributed by atoms with E-state index in [9.17, 15) is 0 Å². The van der Waals surface area contributed by atoms with Crippen molar-refractivity contribution in [3.8, 4) is 0 Å².